The normalized spacial score (nSPS) is 14.3. The molecule has 34 heavy (non-hydrogen) atoms. The number of rotatable bonds is 6. The zero-order valence-corrected chi connectivity index (χ0v) is 19.6. The SMILES string of the molecule is Cc1cccc(-c2ccc(O)cc2CN2CCN(c3ncc(Cc4ccccc4)cn3)CC2)c1. The Morgan fingerprint density at radius 3 is 2.29 bits per heavy atom. The van der Waals surface area contributed by atoms with Gasteiger partial charge in [-0.3, -0.25) is 4.90 Å². The Kier molecular flexibility index (Phi) is 6.54. The van der Waals surface area contributed by atoms with Crippen LogP contribution in [0.2, 0.25) is 0 Å². The van der Waals surface area contributed by atoms with Crippen molar-refractivity contribution in [2.24, 2.45) is 0 Å². The maximum atomic E-state index is 10.1. The van der Waals surface area contributed by atoms with Gasteiger partial charge in [0.25, 0.3) is 0 Å². The van der Waals surface area contributed by atoms with Crippen LogP contribution in [0.15, 0.2) is 85.2 Å². The summed E-state index contributed by atoms with van der Waals surface area (Å²) in [4.78, 5) is 14.0. The van der Waals surface area contributed by atoms with Crippen LogP contribution >= 0.6 is 0 Å². The van der Waals surface area contributed by atoms with Crippen LogP contribution in [0.4, 0.5) is 5.95 Å². The van der Waals surface area contributed by atoms with Crippen molar-refractivity contribution < 1.29 is 5.11 Å². The molecule has 1 N–H and O–H groups in total. The second kappa shape index (κ2) is 10.1. The van der Waals surface area contributed by atoms with Crippen molar-refractivity contribution in [3.05, 3.63) is 107 Å². The van der Waals surface area contributed by atoms with Gasteiger partial charge in [-0.2, -0.15) is 0 Å². The second-order valence-electron chi connectivity index (χ2n) is 9.03. The van der Waals surface area contributed by atoms with E-state index in [1.54, 1.807) is 6.07 Å². The first-order valence-corrected chi connectivity index (χ1v) is 11.9. The Labute approximate surface area is 201 Å². The number of phenolic OH excluding ortho intramolecular Hbond substituents is 1. The molecule has 0 atom stereocenters. The molecule has 0 spiro atoms. The molecule has 1 fully saturated rings. The van der Waals surface area contributed by atoms with Gasteiger partial charge in [-0.05, 0) is 46.9 Å². The quantitative estimate of drug-likeness (QED) is 0.444. The minimum Gasteiger partial charge on any atom is -0.508 e. The summed E-state index contributed by atoms with van der Waals surface area (Å²) in [6.45, 7) is 6.55. The Morgan fingerprint density at radius 1 is 0.794 bits per heavy atom. The minimum atomic E-state index is 0.314. The average Bonchev–Trinajstić information content (AvgIpc) is 2.86. The number of hydrogen-bond acceptors (Lipinski definition) is 5. The third-order valence-corrected chi connectivity index (χ3v) is 6.41. The molecule has 172 valence electrons. The van der Waals surface area contributed by atoms with Crippen molar-refractivity contribution in [2.75, 3.05) is 31.1 Å². The van der Waals surface area contributed by atoms with E-state index < -0.39 is 0 Å². The van der Waals surface area contributed by atoms with E-state index in [1.807, 2.05) is 30.6 Å². The maximum absolute atomic E-state index is 10.1. The van der Waals surface area contributed by atoms with Gasteiger partial charge in [0, 0.05) is 51.5 Å². The van der Waals surface area contributed by atoms with Gasteiger partial charge in [0.1, 0.15) is 5.75 Å². The first kappa shape index (κ1) is 22.1. The number of aromatic hydroxyl groups is 1. The molecule has 1 aliphatic rings. The molecule has 1 aliphatic heterocycles. The molecule has 5 rings (SSSR count). The molecule has 2 heterocycles. The Hall–Kier alpha value is -3.70. The summed E-state index contributed by atoms with van der Waals surface area (Å²) in [6, 6.07) is 24.7. The topological polar surface area (TPSA) is 52.5 Å². The van der Waals surface area contributed by atoms with Crippen molar-refractivity contribution in [3.63, 3.8) is 0 Å². The van der Waals surface area contributed by atoms with Crippen LogP contribution in [0.5, 0.6) is 5.75 Å². The van der Waals surface area contributed by atoms with Crippen molar-refractivity contribution >= 4 is 5.95 Å². The van der Waals surface area contributed by atoms with Crippen molar-refractivity contribution in [3.8, 4) is 16.9 Å². The Morgan fingerprint density at radius 2 is 1.56 bits per heavy atom. The van der Waals surface area contributed by atoms with Crippen LogP contribution in [-0.2, 0) is 13.0 Å². The third-order valence-electron chi connectivity index (χ3n) is 6.41. The molecule has 0 bridgehead atoms. The van der Waals surface area contributed by atoms with Gasteiger partial charge >= 0.3 is 0 Å². The summed E-state index contributed by atoms with van der Waals surface area (Å²) in [6.07, 6.45) is 4.74. The van der Waals surface area contributed by atoms with Crippen LogP contribution in [0.3, 0.4) is 0 Å². The fourth-order valence-corrected chi connectivity index (χ4v) is 4.59. The lowest BCUT2D eigenvalue weighted by atomic mass is 9.97. The second-order valence-corrected chi connectivity index (χ2v) is 9.03. The Bertz CT molecular complexity index is 1230. The van der Waals surface area contributed by atoms with Crippen LogP contribution in [0, 0.1) is 6.92 Å². The molecule has 0 saturated carbocycles. The summed E-state index contributed by atoms with van der Waals surface area (Å²) >= 11 is 0. The van der Waals surface area contributed by atoms with Gasteiger partial charge in [0.15, 0.2) is 0 Å². The van der Waals surface area contributed by atoms with E-state index in [9.17, 15) is 5.11 Å². The lowest BCUT2D eigenvalue weighted by Crippen LogP contribution is -2.46. The highest BCUT2D eigenvalue weighted by Crippen LogP contribution is 2.29. The molecule has 0 aliphatic carbocycles. The number of aryl methyl sites for hydroxylation is 1. The highest BCUT2D eigenvalue weighted by Gasteiger charge is 2.20. The number of anilines is 1. The first-order chi connectivity index (χ1) is 16.6. The van der Waals surface area contributed by atoms with E-state index in [0.717, 1.165) is 56.2 Å². The Balaban J connectivity index is 1.22. The van der Waals surface area contributed by atoms with Gasteiger partial charge in [-0.15, -0.1) is 0 Å². The summed E-state index contributed by atoms with van der Waals surface area (Å²) in [5.74, 6) is 1.11. The van der Waals surface area contributed by atoms with E-state index in [-0.39, 0.29) is 0 Å². The maximum Gasteiger partial charge on any atom is 0.225 e. The van der Waals surface area contributed by atoms with Crippen molar-refractivity contribution in [1.82, 2.24) is 14.9 Å². The summed E-state index contributed by atoms with van der Waals surface area (Å²) in [5, 5.41) is 10.1. The standard InChI is InChI=1S/C29H30N4O/c1-22-6-5-9-25(16-22)28-11-10-27(34)18-26(28)21-32-12-14-33(15-13-32)29-30-19-24(20-31-29)17-23-7-3-2-4-8-23/h2-11,16,18-20,34H,12-15,17,21H2,1H3. The highest BCUT2D eigenvalue weighted by molar-refractivity contribution is 5.69. The molecular weight excluding hydrogens is 420 g/mol. The predicted molar refractivity (Wildman–Crippen MR) is 137 cm³/mol. The fourth-order valence-electron chi connectivity index (χ4n) is 4.59. The molecule has 1 aromatic heterocycles. The van der Waals surface area contributed by atoms with Gasteiger partial charge in [-0.1, -0.05) is 66.2 Å². The summed E-state index contributed by atoms with van der Waals surface area (Å²) in [7, 11) is 0. The molecule has 5 nitrogen and oxygen atoms in total. The van der Waals surface area contributed by atoms with Crippen LogP contribution in [0.1, 0.15) is 22.3 Å². The lowest BCUT2D eigenvalue weighted by Gasteiger charge is -2.35. The smallest absolute Gasteiger partial charge is 0.225 e. The molecule has 0 unspecified atom stereocenters. The van der Waals surface area contributed by atoms with Crippen LogP contribution in [0.25, 0.3) is 11.1 Å². The van der Waals surface area contributed by atoms with E-state index in [1.165, 1.54) is 22.3 Å². The van der Waals surface area contributed by atoms with E-state index >= 15 is 0 Å². The molecule has 4 aromatic rings. The highest BCUT2D eigenvalue weighted by atomic mass is 16.3. The number of piperazine rings is 1. The van der Waals surface area contributed by atoms with Crippen LogP contribution in [-0.4, -0.2) is 46.2 Å². The number of phenols is 1. The fraction of sp³-hybridized carbons (Fsp3) is 0.241. The van der Waals surface area contributed by atoms with Gasteiger partial charge < -0.3 is 10.0 Å². The third kappa shape index (κ3) is 5.26. The minimum absolute atomic E-state index is 0.314. The van der Waals surface area contributed by atoms with E-state index in [2.05, 4.69) is 75.2 Å². The zero-order valence-electron chi connectivity index (χ0n) is 19.6. The van der Waals surface area contributed by atoms with Crippen molar-refractivity contribution in [2.45, 2.75) is 19.9 Å². The van der Waals surface area contributed by atoms with Crippen LogP contribution < -0.4 is 4.90 Å². The van der Waals surface area contributed by atoms with Crippen molar-refractivity contribution in [1.29, 1.82) is 0 Å². The van der Waals surface area contributed by atoms with Gasteiger partial charge in [-0.25, -0.2) is 9.97 Å². The van der Waals surface area contributed by atoms with E-state index in [4.69, 9.17) is 0 Å². The number of aromatic nitrogens is 2. The molecule has 0 radical (unpaired) electrons. The monoisotopic (exact) mass is 450 g/mol. The zero-order chi connectivity index (χ0) is 23.3. The molecule has 5 heteroatoms. The van der Waals surface area contributed by atoms with Gasteiger partial charge in [0.2, 0.25) is 5.95 Å². The lowest BCUT2D eigenvalue weighted by molar-refractivity contribution is 0.248. The van der Waals surface area contributed by atoms with Gasteiger partial charge in [0.05, 0.1) is 0 Å². The summed E-state index contributed by atoms with van der Waals surface area (Å²) < 4.78 is 0. The molecular formula is C29H30N4O. The summed E-state index contributed by atoms with van der Waals surface area (Å²) in [5.41, 5.74) is 7.16. The predicted octanol–water partition coefficient (Wildman–Crippen LogP) is 5.07. The number of nitrogens with zero attached hydrogens (tertiary/aromatic N) is 4. The molecule has 3 aromatic carbocycles. The molecule has 1 saturated heterocycles. The number of hydrogen-bond donors (Lipinski definition) is 1. The largest absolute Gasteiger partial charge is 0.508 e. The first-order valence-electron chi connectivity index (χ1n) is 11.9. The average molecular weight is 451 g/mol. The molecule has 0 amide bonds. The van der Waals surface area contributed by atoms with E-state index in [0.29, 0.717) is 5.75 Å². The number of benzene rings is 3.